The summed E-state index contributed by atoms with van der Waals surface area (Å²) in [7, 11) is 0. The van der Waals surface area contributed by atoms with Gasteiger partial charge in [-0.2, -0.15) is 4.68 Å². The van der Waals surface area contributed by atoms with Gasteiger partial charge in [0.2, 0.25) is 5.91 Å². The summed E-state index contributed by atoms with van der Waals surface area (Å²) < 4.78 is 1.76. The van der Waals surface area contributed by atoms with Gasteiger partial charge < -0.3 is 11.5 Å². The smallest absolute Gasteiger partial charge is 0.225 e. The Balaban J connectivity index is 1.82. The second-order valence-corrected chi connectivity index (χ2v) is 7.95. The van der Waals surface area contributed by atoms with Crippen LogP contribution >= 0.6 is 11.6 Å². The molecule has 3 aromatic rings. The van der Waals surface area contributed by atoms with Crippen molar-refractivity contribution in [3.8, 4) is 5.82 Å². The first-order valence-electron chi connectivity index (χ1n) is 9.47. The molecule has 0 aliphatic heterocycles. The standard InChI is InChI=1S/C20H23ClN6O/c1-11-8-19(24-16-9-13(21)4-7-15(11)16)27-20(12-2-5-14(22)6-3-12)25-18(26-27)10-17(23)28/h4,7-9,12,14H,2-3,5-6,10,22H2,1H3,(H2,23,28). The molecule has 28 heavy (non-hydrogen) atoms. The van der Waals surface area contributed by atoms with E-state index in [1.54, 1.807) is 4.68 Å². The van der Waals surface area contributed by atoms with Crippen molar-refractivity contribution in [1.82, 2.24) is 19.7 Å². The molecular weight excluding hydrogens is 376 g/mol. The predicted molar refractivity (Wildman–Crippen MR) is 108 cm³/mol. The third kappa shape index (κ3) is 3.72. The predicted octanol–water partition coefficient (Wildman–Crippen LogP) is 2.79. The number of primary amides is 1. The second kappa shape index (κ2) is 7.48. The Morgan fingerprint density at radius 3 is 2.68 bits per heavy atom. The minimum Gasteiger partial charge on any atom is -0.369 e. The summed E-state index contributed by atoms with van der Waals surface area (Å²) >= 11 is 6.16. The molecule has 146 valence electrons. The molecule has 1 aliphatic rings. The van der Waals surface area contributed by atoms with Crippen LogP contribution in [0.15, 0.2) is 24.3 Å². The maximum absolute atomic E-state index is 11.4. The first-order chi connectivity index (χ1) is 13.4. The molecule has 0 unspecified atom stereocenters. The van der Waals surface area contributed by atoms with E-state index in [-0.39, 0.29) is 18.4 Å². The van der Waals surface area contributed by atoms with Crippen LogP contribution in [0, 0.1) is 6.92 Å². The fourth-order valence-electron chi connectivity index (χ4n) is 3.88. The van der Waals surface area contributed by atoms with Crippen molar-refractivity contribution < 1.29 is 4.79 Å². The van der Waals surface area contributed by atoms with Crippen molar-refractivity contribution in [2.75, 3.05) is 0 Å². The zero-order valence-electron chi connectivity index (χ0n) is 15.7. The maximum Gasteiger partial charge on any atom is 0.225 e. The Labute approximate surface area is 168 Å². The zero-order valence-corrected chi connectivity index (χ0v) is 16.5. The van der Waals surface area contributed by atoms with E-state index < -0.39 is 5.91 Å². The summed E-state index contributed by atoms with van der Waals surface area (Å²) in [5.74, 6) is 1.68. The fraction of sp³-hybridized carbons (Fsp3) is 0.400. The lowest BCUT2D eigenvalue weighted by atomic mass is 9.86. The van der Waals surface area contributed by atoms with Crippen molar-refractivity contribution in [2.45, 2.75) is 51.0 Å². The average molecular weight is 399 g/mol. The van der Waals surface area contributed by atoms with Gasteiger partial charge in [0.25, 0.3) is 0 Å². The molecule has 1 saturated carbocycles. The molecule has 1 aromatic carbocycles. The number of pyridine rings is 1. The topological polar surface area (TPSA) is 113 Å². The Bertz CT molecular complexity index is 1040. The van der Waals surface area contributed by atoms with E-state index in [9.17, 15) is 4.79 Å². The van der Waals surface area contributed by atoms with Gasteiger partial charge >= 0.3 is 0 Å². The highest BCUT2D eigenvalue weighted by molar-refractivity contribution is 6.31. The molecule has 1 amide bonds. The number of rotatable bonds is 4. The molecule has 0 saturated heterocycles. The van der Waals surface area contributed by atoms with Crippen LogP contribution in [0.4, 0.5) is 0 Å². The number of hydrogen-bond donors (Lipinski definition) is 2. The molecular formula is C20H23ClN6O. The van der Waals surface area contributed by atoms with Gasteiger partial charge in [-0.05, 0) is 56.4 Å². The monoisotopic (exact) mass is 398 g/mol. The number of carbonyl (C=O) groups is 1. The summed E-state index contributed by atoms with van der Waals surface area (Å²) in [6.45, 7) is 2.03. The molecule has 2 aromatic heterocycles. The van der Waals surface area contributed by atoms with Crippen LogP contribution < -0.4 is 11.5 Å². The number of nitrogens with zero attached hydrogens (tertiary/aromatic N) is 4. The quantitative estimate of drug-likeness (QED) is 0.701. The van der Waals surface area contributed by atoms with Gasteiger partial charge in [0.1, 0.15) is 5.82 Å². The number of aromatic nitrogens is 4. The molecule has 8 heteroatoms. The molecule has 4 rings (SSSR count). The molecule has 0 bridgehead atoms. The largest absolute Gasteiger partial charge is 0.369 e. The van der Waals surface area contributed by atoms with Crippen molar-refractivity contribution >= 4 is 28.4 Å². The fourth-order valence-corrected chi connectivity index (χ4v) is 4.04. The van der Waals surface area contributed by atoms with Crippen LogP contribution in [-0.2, 0) is 11.2 Å². The highest BCUT2D eigenvalue weighted by atomic mass is 35.5. The highest BCUT2D eigenvalue weighted by Gasteiger charge is 2.27. The van der Waals surface area contributed by atoms with Gasteiger partial charge in [-0.3, -0.25) is 4.79 Å². The van der Waals surface area contributed by atoms with Crippen molar-refractivity contribution in [3.63, 3.8) is 0 Å². The van der Waals surface area contributed by atoms with E-state index in [4.69, 9.17) is 28.1 Å². The van der Waals surface area contributed by atoms with E-state index in [1.165, 1.54) is 0 Å². The van der Waals surface area contributed by atoms with Gasteiger partial charge in [-0.1, -0.05) is 17.7 Å². The van der Waals surface area contributed by atoms with E-state index in [1.807, 2.05) is 31.2 Å². The van der Waals surface area contributed by atoms with Crippen molar-refractivity contribution in [1.29, 1.82) is 0 Å². The number of aryl methyl sites for hydroxylation is 1. The Hall–Kier alpha value is -2.51. The molecule has 7 nitrogen and oxygen atoms in total. The molecule has 0 spiro atoms. The summed E-state index contributed by atoms with van der Waals surface area (Å²) in [4.78, 5) is 20.8. The van der Waals surface area contributed by atoms with Gasteiger partial charge in [0, 0.05) is 22.4 Å². The Morgan fingerprint density at radius 1 is 1.21 bits per heavy atom. The van der Waals surface area contributed by atoms with Crippen LogP contribution in [0.1, 0.15) is 48.8 Å². The number of amides is 1. The van der Waals surface area contributed by atoms with E-state index in [2.05, 4.69) is 10.1 Å². The van der Waals surface area contributed by atoms with Gasteiger partial charge in [0.05, 0.1) is 11.9 Å². The van der Waals surface area contributed by atoms with Crippen LogP contribution in [0.2, 0.25) is 5.02 Å². The number of nitrogens with two attached hydrogens (primary N) is 2. The first-order valence-corrected chi connectivity index (χ1v) is 9.85. The highest BCUT2D eigenvalue weighted by Crippen LogP contribution is 2.33. The second-order valence-electron chi connectivity index (χ2n) is 7.51. The number of benzene rings is 1. The van der Waals surface area contributed by atoms with Crippen LogP contribution in [0.3, 0.4) is 0 Å². The molecule has 2 heterocycles. The summed E-state index contributed by atoms with van der Waals surface area (Å²) in [5.41, 5.74) is 13.3. The third-order valence-electron chi connectivity index (χ3n) is 5.33. The normalized spacial score (nSPS) is 19.8. The number of fused-ring (bicyclic) bond motifs is 1. The summed E-state index contributed by atoms with van der Waals surface area (Å²) in [6, 6.07) is 7.88. The Kier molecular flexibility index (Phi) is 5.03. The lowest BCUT2D eigenvalue weighted by Gasteiger charge is -2.25. The van der Waals surface area contributed by atoms with Crippen molar-refractivity contribution in [2.24, 2.45) is 11.5 Å². The number of halogens is 1. The number of hydrogen-bond acceptors (Lipinski definition) is 5. The summed E-state index contributed by atoms with van der Waals surface area (Å²) in [6.07, 6.45) is 3.78. The molecule has 1 aliphatic carbocycles. The summed E-state index contributed by atoms with van der Waals surface area (Å²) in [5, 5.41) is 6.23. The van der Waals surface area contributed by atoms with Gasteiger partial charge in [-0.15, -0.1) is 5.10 Å². The van der Waals surface area contributed by atoms with E-state index >= 15 is 0 Å². The number of carbonyl (C=O) groups excluding carboxylic acids is 1. The third-order valence-corrected chi connectivity index (χ3v) is 5.56. The van der Waals surface area contributed by atoms with Crippen LogP contribution in [-0.4, -0.2) is 31.7 Å². The first kappa shape index (κ1) is 18.8. The Morgan fingerprint density at radius 2 is 1.96 bits per heavy atom. The molecule has 4 N–H and O–H groups in total. The van der Waals surface area contributed by atoms with E-state index in [0.29, 0.717) is 16.7 Å². The van der Waals surface area contributed by atoms with Crippen molar-refractivity contribution in [3.05, 3.63) is 46.5 Å². The molecule has 0 radical (unpaired) electrons. The minimum absolute atomic E-state index is 0.00459. The molecule has 1 fully saturated rings. The lowest BCUT2D eigenvalue weighted by molar-refractivity contribution is -0.117. The minimum atomic E-state index is -0.455. The zero-order chi connectivity index (χ0) is 19.8. The van der Waals surface area contributed by atoms with Gasteiger partial charge in [-0.25, -0.2) is 9.97 Å². The van der Waals surface area contributed by atoms with Crippen LogP contribution in [0.25, 0.3) is 16.7 Å². The average Bonchev–Trinajstić information content (AvgIpc) is 3.05. The van der Waals surface area contributed by atoms with Crippen LogP contribution in [0.5, 0.6) is 0 Å². The van der Waals surface area contributed by atoms with Gasteiger partial charge in [0.15, 0.2) is 11.6 Å². The molecule has 0 atom stereocenters. The lowest BCUT2D eigenvalue weighted by Crippen LogP contribution is -2.27. The SMILES string of the molecule is Cc1cc(-n2nc(CC(N)=O)nc2C2CCC(N)CC2)nc2cc(Cl)ccc12. The maximum atomic E-state index is 11.4. The van der Waals surface area contributed by atoms with E-state index in [0.717, 1.165) is 48.0 Å².